The van der Waals surface area contributed by atoms with Crippen molar-refractivity contribution in [2.45, 2.75) is 31.8 Å². The van der Waals surface area contributed by atoms with Crippen molar-refractivity contribution in [2.75, 3.05) is 6.54 Å². The van der Waals surface area contributed by atoms with Gasteiger partial charge in [-0.3, -0.25) is 9.79 Å². The smallest absolute Gasteiger partial charge is 0.327 e. The molecule has 2 aromatic rings. The molecule has 0 aromatic heterocycles. The number of carboxylic acid groups (broad SMARTS) is 1. The van der Waals surface area contributed by atoms with Crippen molar-refractivity contribution in [2.24, 2.45) is 22.4 Å². The molecule has 3 amide bonds. The monoisotopic (exact) mass is 411 g/mol. The number of carbonyl (C=O) groups is 3. The summed E-state index contributed by atoms with van der Waals surface area (Å²) >= 11 is 0. The van der Waals surface area contributed by atoms with Gasteiger partial charge in [0.05, 0.1) is 12.0 Å². The zero-order valence-electron chi connectivity index (χ0n) is 16.6. The van der Waals surface area contributed by atoms with Crippen molar-refractivity contribution in [3.05, 3.63) is 48.0 Å². The van der Waals surface area contributed by atoms with Gasteiger partial charge in [-0.25, -0.2) is 14.5 Å². The highest BCUT2D eigenvalue weighted by Crippen LogP contribution is 2.32. The Morgan fingerprint density at radius 3 is 2.60 bits per heavy atom. The van der Waals surface area contributed by atoms with E-state index >= 15 is 0 Å². The fraction of sp³-hybridized carbons (Fsp3) is 0.333. The number of urea groups is 1. The number of aliphatic imine (C=N–C) groups is 1. The predicted octanol–water partition coefficient (Wildman–Crippen LogP) is 1.58. The molecule has 0 radical (unpaired) electrons. The molecule has 1 saturated heterocycles. The first-order valence-electron chi connectivity index (χ1n) is 9.70. The number of benzene rings is 2. The molecule has 2 aromatic carbocycles. The molecule has 0 aliphatic carbocycles. The number of nitrogens with two attached hydrogens (primary N) is 2. The van der Waals surface area contributed by atoms with Crippen molar-refractivity contribution < 1.29 is 19.5 Å². The van der Waals surface area contributed by atoms with E-state index in [0.29, 0.717) is 13.0 Å². The van der Waals surface area contributed by atoms with E-state index in [2.05, 4.69) is 10.3 Å². The van der Waals surface area contributed by atoms with Crippen LogP contribution in [0.3, 0.4) is 0 Å². The predicted molar refractivity (Wildman–Crippen MR) is 113 cm³/mol. The van der Waals surface area contributed by atoms with E-state index in [0.717, 1.165) is 21.2 Å². The molecule has 0 unspecified atom stereocenters. The number of likely N-dealkylation sites (tertiary alicyclic amines) is 1. The van der Waals surface area contributed by atoms with Gasteiger partial charge in [-0.1, -0.05) is 42.5 Å². The number of nitrogens with one attached hydrogen (secondary N) is 1. The van der Waals surface area contributed by atoms with Crippen molar-refractivity contribution in [1.82, 2.24) is 10.2 Å². The van der Waals surface area contributed by atoms with Gasteiger partial charge >= 0.3 is 12.0 Å². The number of β-lactam (4-membered cyclic amide) rings is 1. The molecule has 158 valence electrons. The number of rotatable bonds is 7. The van der Waals surface area contributed by atoms with Gasteiger partial charge in [0.2, 0.25) is 5.91 Å². The lowest BCUT2D eigenvalue weighted by Gasteiger charge is -2.43. The molecule has 6 N–H and O–H groups in total. The summed E-state index contributed by atoms with van der Waals surface area (Å²) in [6.45, 7) is 2.09. The molecular weight excluding hydrogens is 386 g/mol. The molecule has 30 heavy (non-hydrogen) atoms. The molecule has 3 rings (SSSR count). The summed E-state index contributed by atoms with van der Waals surface area (Å²) < 4.78 is 0. The molecule has 0 bridgehead atoms. The minimum atomic E-state index is -1.21. The number of nitrogens with zero attached hydrogens (tertiary/aromatic N) is 2. The van der Waals surface area contributed by atoms with E-state index in [1.54, 1.807) is 6.92 Å². The average molecular weight is 411 g/mol. The third-order valence-corrected chi connectivity index (χ3v) is 5.28. The maximum atomic E-state index is 12.7. The molecule has 0 saturated carbocycles. The summed E-state index contributed by atoms with van der Waals surface area (Å²) in [5, 5.41) is 14.3. The first-order valence-corrected chi connectivity index (χ1v) is 9.70. The third-order valence-electron chi connectivity index (χ3n) is 5.28. The third kappa shape index (κ3) is 4.19. The van der Waals surface area contributed by atoms with Gasteiger partial charge in [-0.05, 0) is 36.1 Å². The lowest BCUT2D eigenvalue weighted by atomic mass is 9.84. The first kappa shape index (κ1) is 21.1. The SMILES string of the molecule is C[C@H](NC(=O)N1C(=O)[C@H](CCCN=C(N)N)[C@H]1C(=O)O)c1cccc2ccccc12. The lowest BCUT2D eigenvalue weighted by Crippen LogP contribution is -2.68. The fourth-order valence-electron chi connectivity index (χ4n) is 3.82. The second-order valence-electron chi connectivity index (χ2n) is 7.29. The van der Waals surface area contributed by atoms with Gasteiger partial charge in [-0.15, -0.1) is 0 Å². The Bertz CT molecular complexity index is 997. The maximum Gasteiger partial charge on any atom is 0.327 e. The Hall–Kier alpha value is -3.62. The summed E-state index contributed by atoms with van der Waals surface area (Å²) in [6.07, 6.45) is 0.731. The number of aliphatic carboxylic acids is 1. The molecule has 1 aliphatic rings. The second kappa shape index (κ2) is 8.81. The highest BCUT2D eigenvalue weighted by atomic mass is 16.4. The van der Waals surface area contributed by atoms with Crippen molar-refractivity contribution in [3.8, 4) is 0 Å². The fourth-order valence-corrected chi connectivity index (χ4v) is 3.82. The van der Waals surface area contributed by atoms with Gasteiger partial charge in [0.15, 0.2) is 12.0 Å². The number of amides is 3. The molecule has 1 aliphatic heterocycles. The van der Waals surface area contributed by atoms with E-state index < -0.39 is 35.9 Å². The van der Waals surface area contributed by atoms with E-state index in [1.165, 1.54) is 0 Å². The van der Waals surface area contributed by atoms with E-state index in [9.17, 15) is 19.5 Å². The second-order valence-corrected chi connectivity index (χ2v) is 7.29. The number of carboxylic acids is 1. The van der Waals surface area contributed by atoms with Crippen LogP contribution in [0.15, 0.2) is 47.5 Å². The molecule has 3 atom stereocenters. The van der Waals surface area contributed by atoms with Crippen molar-refractivity contribution in [3.63, 3.8) is 0 Å². The number of guanidine groups is 1. The summed E-state index contributed by atoms with van der Waals surface area (Å²) in [5.41, 5.74) is 11.4. The number of carbonyl (C=O) groups excluding carboxylic acids is 2. The Morgan fingerprint density at radius 2 is 1.90 bits per heavy atom. The van der Waals surface area contributed by atoms with Crippen LogP contribution in [0.25, 0.3) is 10.8 Å². The number of hydrogen-bond donors (Lipinski definition) is 4. The highest BCUT2D eigenvalue weighted by molar-refractivity contribution is 6.07. The van der Waals surface area contributed by atoms with Crippen molar-refractivity contribution in [1.29, 1.82) is 0 Å². The van der Waals surface area contributed by atoms with E-state index in [4.69, 9.17) is 11.5 Å². The van der Waals surface area contributed by atoms with Crippen LogP contribution in [-0.2, 0) is 9.59 Å². The highest BCUT2D eigenvalue weighted by Gasteiger charge is 2.54. The first-order chi connectivity index (χ1) is 14.3. The van der Waals surface area contributed by atoms with Crippen LogP contribution in [0, 0.1) is 5.92 Å². The van der Waals surface area contributed by atoms with Crippen LogP contribution >= 0.6 is 0 Å². The number of imide groups is 1. The Labute approximate surface area is 173 Å². The minimum Gasteiger partial charge on any atom is -0.480 e. The quantitative estimate of drug-likeness (QED) is 0.235. The van der Waals surface area contributed by atoms with Gasteiger partial charge < -0.3 is 21.9 Å². The molecule has 0 spiro atoms. The van der Waals surface area contributed by atoms with Gasteiger partial charge in [0, 0.05) is 6.54 Å². The molecule has 1 heterocycles. The summed E-state index contributed by atoms with van der Waals surface area (Å²) in [5.74, 6) is -2.55. The largest absolute Gasteiger partial charge is 0.480 e. The van der Waals surface area contributed by atoms with Gasteiger partial charge in [0.25, 0.3) is 0 Å². The van der Waals surface area contributed by atoms with Crippen LogP contribution in [-0.4, -0.2) is 46.5 Å². The van der Waals surface area contributed by atoms with Crippen LogP contribution in [0.1, 0.15) is 31.4 Å². The minimum absolute atomic E-state index is 0.0619. The van der Waals surface area contributed by atoms with E-state index in [-0.39, 0.29) is 12.4 Å². The number of hydrogen-bond acceptors (Lipinski definition) is 4. The average Bonchev–Trinajstić information content (AvgIpc) is 2.70. The van der Waals surface area contributed by atoms with Crippen LogP contribution < -0.4 is 16.8 Å². The van der Waals surface area contributed by atoms with E-state index in [1.807, 2.05) is 42.5 Å². The van der Waals surface area contributed by atoms with Crippen LogP contribution in [0.5, 0.6) is 0 Å². The van der Waals surface area contributed by atoms with Crippen LogP contribution in [0.4, 0.5) is 4.79 Å². The summed E-state index contributed by atoms with van der Waals surface area (Å²) in [7, 11) is 0. The zero-order valence-corrected chi connectivity index (χ0v) is 16.6. The zero-order chi connectivity index (χ0) is 21.8. The molecule has 9 heteroatoms. The van der Waals surface area contributed by atoms with Crippen molar-refractivity contribution >= 4 is 34.6 Å². The summed E-state index contributed by atoms with van der Waals surface area (Å²) in [6, 6.07) is 11.2. The standard InChI is InChI=1S/C21H25N5O4/c1-12(14-9-4-7-13-6-2-3-8-15(13)14)25-21(30)26-17(19(28)29)16(18(26)27)10-5-11-24-20(22)23/h2-4,6-9,12,16-17H,5,10-11H2,1H3,(H,25,30)(H,28,29)(H4,22,23,24)/t12-,16+,17-/m0/s1. The topological polar surface area (TPSA) is 151 Å². The Morgan fingerprint density at radius 1 is 1.20 bits per heavy atom. The molecular formula is C21H25N5O4. The Balaban J connectivity index is 1.69. The lowest BCUT2D eigenvalue weighted by molar-refractivity contribution is -0.166. The number of fused-ring (bicyclic) bond motifs is 1. The van der Waals surface area contributed by atoms with Crippen LogP contribution in [0.2, 0.25) is 0 Å². The summed E-state index contributed by atoms with van der Waals surface area (Å²) in [4.78, 5) is 41.5. The van der Waals surface area contributed by atoms with Gasteiger partial charge in [-0.2, -0.15) is 0 Å². The maximum absolute atomic E-state index is 12.7. The molecule has 1 fully saturated rings. The molecule has 9 nitrogen and oxygen atoms in total. The normalized spacial score (nSPS) is 19.1. The van der Waals surface area contributed by atoms with Gasteiger partial charge in [0.1, 0.15) is 0 Å². The Kier molecular flexibility index (Phi) is 6.20.